The van der Waals surface area contributed by atoms with Crippen molar-refractivity contribution in [2.24, 2.45) is 0 Å². The molecule has 0 fully saturated rings. The molecule has 0 bridgehead atoms. The second kappa shape index (κ2) is 4.98. The Kier molecular flexibility index (Phi) is 3.60. The van der Waals surface area contributed by atoms with E-state index in [4.69, 9.17) is 16.3 Å². The van der Waals surface area contributed by atoms with Crippen LogP contribution in [0.2, 0.25) is 5.02 Å². The summed E-state index contributed by atoms with van der Waals surface area (Å²) in [7, 11) is 1.53. The normalized spacial score (nSPS) is 10.4. The molecule has 0 aliphatic carbocycles. The molecule has 0 aliphatic rings. The van der Waals surface area contributed by atoms with Crippen LogP contribution in [0.4, 0.5) is 4.39 Å². The molecule has 17 heavy (non-hydrogen) atoms. The van der Waals surface area contributed by atoms with E-state index in [-0.39, 0.29) is 5.82 Å². The average Bonchev–Trinajstić information content (AvgIpc) is 2.30. The van der Waals surface area contributed by atoms with Gasteiger partial charge >= 0.3 is 0 Å². The van der Waals surface area contributed by atoms with Crippen LogP contribution in [0.25, 0.3) is 11.1 Å². The molecular formula is C13H10ClFOS. The summed E-state index contributed by atoms with van der Waals surface area (Å²) in [4.78, 5) is 0.567. The number of hydrogen-bond acceptors (Lipinski definition) is 2. The van der Waals surface area contributed by atoms with Gasteiger partial charge in [0.15, 0.2) is 0 Å². The van der Waals surface area contributed by atoms with Crippen LogP contribution in [0, 0.1) is 5.82 Å². The summed E-state index contributed by atoms with van der Waals surface area (Å²) in [5, 5.41) is 0.454. The van der Waals surface area contributed by atoms with Crippen LogP contribution < -0.4 is 4.74 Å². The highest BCUT2D eigenvalue weighted by atomic mass is 35.5. The molecule has 0 aromatic heterocycles. The Hall–Kier alpha value is -1.19. The van der Waals surface area contributed by atoms with E-state index in [0.29, 0.717) is 26.8 Å². The molecule has 88 valence electrons. The van der Waals surface area contributed by atoms with Gasteiger partial charge < -0.3 is 4.74 Å². The van der Waals surface area contributed by atoms with Gasteiger partial charge in [0, 0.05) is 16.0 Å². The highest BCUT2D eigenvalue weighted by molar-refractivity contribution is 7.80. The van der Waals surface area contributed by atoms with Gasteiger partial charge in [-0.15, -0.1) is 12.6 Å². The first kappa shape index (κ1) is 12.3. The molecular weight excluding hydrogens is 259 g/mol. The van der Waals surface area contributed by atoms with Crippen molar-refractivity contribution < 1.29 is 9.13 Å². The van der Waals surface area contributed by atoms with Crippen molar-refractivity contribution in [2.75, 3.05) is 7.11 Å². The highest BCUT2D eigenvalue weighted by Crippen LogP contribution is 2.38. The van der Waals surface area contributed by atoms with E-state index in [9.17, 15) is 4.39 Å². The molecule has 0 unspecified atom stereocenters. The van der Waals surface area contributed by atoms with Gasteiger partial charge in [-0.2, -0.15) is 0 Å². The van der Waals surface area contributed by atoms with Crippen LogP contribution in [0.3, 0.4) is 0 Å². The van der Waals surface area contributed by atoms with Gasteiger partial charge in [0.2, 0.25) is 0 Å². The van der Waals surface area contributed by atoms with Crippen LogP contribution in [-0.4, -0.2) is 7.11 Å². The molecule has 2 aromatic carbocycles. The van der Waals surface area contributed by atoms with Gasteiger partial charge in [-0.3, -0.25) is 0 Å². The first-order valence-corrected chi connectivity index (χ1v) is 5.77. The van der Waals surface area contributed by atoms with Crippen molar-refractivity contribution in [3.63, 3.8) is 0 Å². The Morgan fingerprint density at radius 1 is 1.24 bits per heavy atom. The van der Waals surface area contributed by atoms with Crippen LogP contribution in [0.15, 0.2) is 41.3 Å². The number of halogens is 2. The molecule has 0 N–H and O–H groups in total. The molecule has 0 heterocycles. The molecule has 0 saturated carbocycles. The third kappa shape index (κ3) is 2.40. The summed E-state index contributed by atoms with van der Waals surface area (Å²) in [5.74, 6) is 0.173. The fraction of sp³-hybridized carbons (Fsp3) is 0.0769. The van der Waals surface area contributed by atoms with E-state index in [0.717, 1.165) is 0 Å². The fourth-order valence-corrected chi connectivity index (χ4v) is 2.10. The van der Waals surface area contributed by atoms with Crippen molar-refractivity contribution in [3.8, 4) is 16.9 Å². The third-order valence-electron chi connectivity index (χ3n) is 2.42. The van der Waals surface area contributed by atoms with Crippen molar-refractivity contribution in [1.82, 2.24) is 0 Å². The maximum Gasteiger partial charge on any atom is 0.132 e. The fourth-order valence-electron chi connectivity index (χ4n) is 1.64. The third-order valence-corrected chi connectivity index (χ3v) is 3.01. The smallest absolute Gasteiger partial charge is 0.132 e. The molecule has 0 amide bonds. The number of methoxy groups -OCH3 is 1. The monoisotopic (exact) mass is 268 g/mol. The summed E-state index contributed by atoms with van der Waals surface area (Å²) in [6, 6.07) is 9.91. The lowest BCUT2D eigenvalue weighted by atomic mass is 10.0. The Labute approximate surface area is 110 Å². The minimum absolute atomic E-state index is 0.371. The standard InChI is InChI=1S/C13H10ClFOS/c1-16-12-4-2-3-10(14)13(12)9-6-5-8(17)7-11(9)15/h2-7,17H,1H3. The van der Waals surface area contributed by atoms with Gasteiger partial charge in [0.25, 0.3) is 0 Å². The number of ether oxygens (including phenoxy) is 1. The first-order chi connectivity index (χ1) is 8.13. The Balaban J connectivity index is 2.67. The molecule has 1 nitrogen and oxygen atoms in total. The Morgan fingerprint density at radius 2 is 2.00 bits per heavy atom. The maximum atomic E-state index is 13.9. The first-order valence-electron chi connectivity index (χ1n) is 4.95. The number of rotatable bonds is 2. The number of thiol groups is 1. The summed E-state index contributed by atoms with van der Waals surface area (Å²) < 4.78 is 19.1. The van der Waals surface area contributed by atoms with Crippen LogP contribution in [0.5, 0.6) is 5.75 Å². The average molecular weight is 269 g/mol. The van der Waals surface area contributed by atoms with Crippen LogP contribution in [-0.2, 0) is 0 Å². The molecule has 2 rings (SSSR count). The van der Waals surface area contributed by atoms with E-state index < -0.39 is 0 Å². The van der Waals surface area contributed by atoms with E-state index in [2.05, 4.69) is 12.6 Å². The number of hydrogen-bond donors (Lipinski definition) is 1. The lowest BCUT2D eigenvalue weighted by molar-refractivity contribution is 0.416. The molecule has 2 aromatic rings. The molecule has 0 saturated heterocycles. The minimum Gasteiger partial charge on any atom is -0.496 e. The van der Waals surface area contributed by atoms with Gasteiger partial charge in [0.1, 0.15) is 11.6 Å². The topological polar surface area (TPSA) is 9.23 Å². The summed E-state index contributed by atoms with van der Waals surface area (Å²) >= 11 is 10.2. The van der Waals surface area contributed by atoms with Crippen LogP contribution >= 0.6 is 24.2 Å². The predicted octanol–water partition coefficient (Wildman–Crippen LogP) is 4.44. The van der Waals surface area contributed by atoms with E-state index in [1.165, 1.54) is 13.2 Å². The molecule has 0 spiro atoms. The lowest BCUT2D eigenvalue weighted by Crippen LogP contribution is -1.91. The predicted molar refractivity (Wildman–Crippen MR) is 70.7 cm³/mol. The summed E-state index contributed by atoms with van der Waals surface area (Å²) in [5.41, 5.74) is 0.966. The van der Waals surface area contributed by atoms with Crippen molar-refractivity contribution in [1.29, 1.82) is 0 Å². The molecule has 4 heteroatoms. The zero-order valence-corrected chi connectivity index (χ0v) is 10.7. The zero-order valence-electron chi connectivity index (χ0n) is 9.08. The van der Waals surface area contributed by atoms with E-state index >= 15 is 0 Å². The van der Waals surface area contributed by atoms with Gasteiger partial charge in [-0.05, 0) is 24.3 Å². The minimum atomic E-state index is -0.371. The largest absolute Gasteiger partial charge is 0.496 e. The second-order valence-electron chi connectivity index (χ2n) is 3.48. The zero-order chi connectivity index (χ0) is 12.4. The van der Waals surface area contributed by atoms with E-state index in [1.807, 2.05) is 0 Å². The maximum absolute atomic E-state index is 13.9. The van der Waals surface area contributed by atoms with Gasteiger partial charge in [-0.1, -0.05) is 23.7 Å². The number of benzene rings is 2. The van der Waals surface area contributed by atoms with Crippen molar-refractivity contribution in [3.05, 3.63) is 47.2 Å². The second-order valence-corrected chi connectivity index (χ2v) is 4.40. The highest BCUT2D eigenvalue weighted by Gasteiger charge is 2.14. The molecule has 0 aliphatic heterocycles. The quantitative estimate of drug-likeness (QED) is 0.792. The lowest BCUT2D eigenvalue weighted by Gasteiger charge is -2.11. The Bertz CT molecular complexity index is 557. The van der Waals surface area contributed by atoms with Gasteiger partial charge in [0.05, 0.1) is 12.1 Å². The SMILES string of the molecule is COc1cccc(Cl)c1-c1ccc(S)cc1F. The van der Waals surface area contributed by atoms with E-state index in [1.54, 1.807) is 30.3 Å². The summed E-state index contributed by atoms with van der Waals surface area (Å²) in [6.07, 6.45) is 0. The van der Waals surface area contributed by atoms with Gasteiger partial charge in [-0.25, -0.2) is 4.39 Å². The van der Waals surface area contributed by atoms with Crippen LogP contribution in [0.1, 0.15) is 0 Å². The van der Waals surface area contributed by atoms with Crippen molar-refractivity contribution >= 4 is 24.2 Å². The van der Waals surface area contributed by atoms with Crippen molar-refractivity contribution in [2.45, 2.75) is 4.90 Å². The molecule has 0 atom stereocenters. The summed E-state index contributed by atoms with van der Waals surface area (Å²) in [6.45, 7) is 0. The Morgan fingerprint density at radius 3 is 2.65 bits per heavy atom. The molecule has 0 radical (unpaired) electrons.